The number of rotatable bonds is 1. The Morgan fingerprint density at radius 2 is 2.00 bits per heavy atom. The lowest BCUT2D eigenvalue weighted by Crippen LogP contribution is -1.88. The van der Waals surface area contributed by atoms with E-state index >= 15 is 0 Å². The van der Waals surface area contributed by atoms with Crippen LogP contribution in [0.2, 0.25) is 0 Å². The van der Waals surface area contributed by atoms with E-state index in [1.807, 2.05) is 42.6 Å². The molecular formula is C13H9N3S. The molecule has 17 heavy (non-hydrogen) atoms. The highest BCUT2D eigenvalue weighted by molar-refractivity contribution is 7.71. The zero-order valence-corrected chi connectivity index (χ0v) is 9.74. The summed E-state index contributed by atoms with van der Waals surface area (Å²) in [6, 6.07) is 11.8. The van der Waals surface area contributed by atoms with Gasteiger partial charge >= 0.3 is 0 Å². The lowest BCUT2D eigenvalue weighted by molar-refractivity contribution is 1.02. The van der Waals surface area contributed by atoms with Crippen LogP contribution in [0.25, 0.3) is 22.0 Å². The summed E-state index contributed by atoms with van der Waals surface area (Å²) >= 11 is 4.99. The first-order valence-corrected chi connectivity index (χ1v) is 5.64. The Hall–Kier alpha value is -2.07. The van der Waals surface area contributed by atoms with E-state index in [1.54, 1.807) is 6.20 Å². The van der Waals surface area contributed by atoms with E-state index in [9.17, 15) is 0 Å². The van der Waals surface area contributed by atoms with Crippen LogP contribution in [0.5, 0.6) is 0 Å². The standard InChI is InChI=1S/C13H9N3S/c17-13-5-4-12(15-16-13)11-3-1-2-9-8-14-7-6-10(9)11/h1-8H,(H,16,17). The molecule has 0 aliphatic rings. The third kappa shape index (κ3) is 1.83. The van der Waals surface area contributed by atoms with E-state index in [-0.39, 0.29) is 0 Å². The molecule has 3 nitrogen and oxygen atoms in total. The van der Waals surface area contributed by atoms with Gasteiger partial charge in [-0.2, -0.15) is 5.10 Å². The fraction of sp³-hybridized carbons (Fsp3) is 0. The second-order valence-electron chi connectivity index (χ2n) is 3.71. The summed E-state index contributed by atoms with van der Waals surface area (Å²) in [7, 11) is 0. The van der Waals surface area contributed by atoms with Gasteiger partial charge in [-0.15, -0.1) is 0 Å². The van der Waals surface area contributed by atoms with Crippen molar-refractivity contribution in [3.8, 4) is 11.3 Å². The van der Waals surface area contributed by atoms with Gasteiger partial charge in [0.25, 0.3) is 0 Å². The molecule has 0 radical (unpaired) electrons. The van der Waals surface area contributed by atoms with Gasteiger partial charge in [-0.05, 0) is 23.6 Å². The van der Waals surface area contributed by atoms with E-state index in [0.717, 1.165) is 22.0 Å². The molecule has 0 amide bonds. The fourth-order valence-electron chi connectivity index (χ4n) is 1.84. The molecule has 0 unspecified atom stereocenters. The molecule has 0 aliphatic carbocycles. The molecule has 0 saturated heterocycles. The van der Waals surface area contributed by atoms with E-state index in [4.69, 9.17) is 12.2 Å². The zero-order chi connectivity index (χ0) is 11.7. The highest BCUT2D eigenvalue weighted by Crippen LogP contribution is 2.25. The Morgan fingerprint density at radius 1 is 1.06 bits per heavy atom. The normalized spacial score (nSPS) is 10.6. The number of fused-ring (bicyclic) bond motifs is 1. The van der Waals surface area contributed by atoms with Gasteiger partial charge in [0.1, 0.15) is 4.64 Å². The molecule has 2 aromatic heterocycles. The summed E-state index contributed by atoms with van der Waals surface area (Å²) in [6.07, 6.45) is 3.64. The van der Waals surface area contributed by atoms with Crippen molar-refractivity contribution < 1.29 is 0 Å². The van der Waals surface area contributed by atoms with Crippen LogP contribution < -0.4 is 0 Å². The van der Waals surface area contributed by atoms with E-state index < -0.39 is 0 Å². The Balaban J connectivity index is 2.30. The second-order valence-corrected chi connectivity index (χ2v) is 4.15. The summed E-state index contributed by atoms with van der Waals surface area (Å²) in [5, 5.41) is 9.31. The average Bonchev–Trinajstić information content (AvgIpc) is 2.39. The molecule has 0 bridgehead atoms. The summed E-state index contributed by atoms with van der Waals surface area (Å²) in [5.74, 6) is 0. The molecule has 82 valence electrons. The van der Waals surface area contributed by atoms with Crippen molar-refractivity contribution in [3.05, 3.63) is 53.4 Å². The minimum atomic E-state index is 0.635. The number of benzene rings is 1. The number of pyridine rings is 1. The SMILES string of the molecule is S=c1ccc(-c2cccc3cnccc23)n[nH]1. The van der Waals surface area contributed by atoms with Crippen LogP contribution in [-0.2, 0) is 0 Å². The Kier molecular flexibility index (Phi) is 2.42. The summed E-state index contributed by atoms with van der Waals surface area (Å²) in [6.45, 7) is 0. The maximum absolute atomic E-state index is 4.99. The minimum absolute atomic E-state index is 0.635. The van der Waals surface area contributed by atoms with Crippen molar-refractivity contribution in [1.29, 1.82) is 0 Å². The Bertz CT molecular complexity index is 708. The molecule has 0 spiro atoms. The first kappa shape index (κ1) is 10.1. The van der Waals surface area contributed by atoms with E-state index in [2.05, 4.69) is 15.2 Å². The first-order chi connectivity index (χ1) is 8.34. The van der Waals surface area contributed by atoms with Gasteiger partial charge in [-0.1, -0.05) is 30.4 Å². The maximum atomic E-state index is 4.99. The number of H-pyrrole nitrogens is 1. The Labute approximate surface area is 103 Å². The van der Waals surface area contributed by atoms with Crippen molar-refractivity contribution in [2.75, 3.05) is 0 Å². The molecule has 0 aliphatic heterocycles. The molecule has 4 heteroatoms. The van der Waals surface area contributed by atoms with Gasteiger partial charge < -0.3 is 0 Å². The molecule has 1 aromatic carbocycles. The predicted octanol–water partition coefficient (Wildman–Crippen LogP) is 3.35. The van der Waals surface area contributed by atoms with Crippen molar-refractivity contribution in [2.24, 2.45) is 0 Å². The average molecular weight is 239 g/mol. The van der Waals surface area contributed by atoms with Crippen LogP contribution in [0.3, 0.4) is 0 Å². The van der Waals surface area contributed by atoms with Gasteiger partial charge in [0.05, 0.1) is 5.69 Å². The number of hydrogen-bond acceptors (Lipinski definition) is 3. The molecule has 3 aromatic rings. The smallest absolute Gasteiger partial charge is 0.119 e. The number of aromatic nitrogens is 3. The van der Waals surface area contributed by atoms with Crippen LogP contribution in [0.4, 0.5) is 0 Å². The molecule has 0 fully saturated rings. The monoisotopic (exact) mass is 239 g/mol. The predicted molar refractivity (Wildman–Crippen MR) is 70.2 cm³/mol. The van der Waals surface area contributed by atoms with Crippen molar-refractivity contribution in [1.82, 2.24) is 15.2 Å². The number of hydrogen-bond donors (Lipinski definition) is 1. The van der Waals surface area contributed by atoms with Crippen LogP contribution in [0, 0.1) is 4.64 Å². The summed E-state index contributed by atoms with van der Waals surface area (Å²) in [4.78, 5) is 4.12. The first-order valence-electron chi connectivity index (χ1n) is 5.23. The van der Waals surface area contributed by atoms with Gasteiger partial charge in [0.15, 0.2) is 0 Å². The van der Waals surface area contributed by atoms with E-state index in [0.29, 0.717) is 4.64 Å². The molecule has 3 rings (SSSR count). The van der Waals surface area contributed by atoms with Gasteiger partial charge in [-0.3, -0.25) is 10.1 Å². The Morgan fingerprint density at radius 3 is 2.82 bits per heavy atom. The fourth-order valence-corrected chi connectivity index (χ4v) is 1.95. The highest BCUT2D eigenvalue weighted by atomic mass is 32.1. The molecule has 0 saturated carbocycles. The van der Waals surface area contributed by atoms with Gasteiger partial charge in [0, 0.05) is 23.3 Å². The number of nitrogens with one attached hydrogen (secondary N) is 1. The number of aromatic amines is 1. The molecule has 2 heterocycles. The van der Waals surface area contributed by atoms with Crippen molar-refractivity contribution in [2.45, 2.75) is 0 Å². The number of nitrogens with zero attached hydrogens (tertiary/aromatic N) is 2. The minimum Gasteiger partial charge on any atom is -0.267 e. The van der Waals surface area contributed by atoms with Gasteiger partial charge in [0.2, 0.25) is 0 Å². The van der Waals surface area contributed by atoms with Crippen molar-refractivity contribution in [3.63, 3.8) is 0 Å². The molecule has 1 N–H and O–H groups in total. The second kappa shape index (κ2) is 4.07. The largest absolute Gasteiger partial charge is 0.267 e. The van der Waals surface area contributed by atoms with Crippen LogP contribution in [0.1, 0.15) is 0 Å². The molecular weight excluding hydrogens is 230 g/mol. The van der Waals surface area contributed by atoms with Crippen LogP contribution >= 0.6 is 12.2 Å². The topological polar surface area (TPSA) is 41.6 Å². The molecule has 0 atom stereocenters. The quantitative estimate of drug-likeness (QED) is 0.662. The summed E-state index contributed by atoms with van der Waals surface area (Å²) in [5.41, 5.74) is 1.96. The van der Waals surface area contributed by atoms with Crippen LogP contribution in [0.15, 0.2) is 48.8 Å². The van der Waals surface area contributed by atoms with Gasteiger partial charge in [-0.25, -0.2) is 0 Å². The summed E-state index contributed by atoms with van der Waals surface area (Å²) < 4.78 is 0.635. The van der Waals surface area contributed by atoms with E-state index in [1.165, 1.54) is 0 Å². The van der Waals surface area contributed by atoms with Crippen LogP contribution in [-0.4, -0.2) is 15.2 Å². The lowest BCUT2D eigenvalue weighted by atomic mass is 10.0. The lowest BCUT2D eigenvalue weighted by Gasteiger charge is -2.04. The zero-order valence-electron chi connectivity index (χ0n) is 8.92. The van der Waals surface area contributed by atoms with Crippen molar-refractivity contribution >= 4 is 23.0 Å². The third-order valence-electron chi connectivity index (χ3n) is 2.64. The highest BCUT2D eigenvalue weighted by Gasteiger charge is 2.03. The maximum Gasteiger partial charge on any atom is 0.119 e. The third-order valence-corrected chi connectivity index (χ3v) is 2.86.